The summed E-state index contributed by atoms with van der Waals surface area (Å²) in [5.41, 5.74) is 2.09. The van der Waals surface area contributed by atoms with Crippen LogP contribution >= 0.6 is 0 Å². The van der Waals surface area contributed by atoms with Crippen LogP contribution < -0.4 is 5.32 Å². The predicted octanol–water partition coefficient (Wildman–Crippen LogP) is 2.57. The lowest BCUT2D eigenvalue weighted by Crippen LogP contribution is -2.07. The number of rotatable bonds is 7. The van der Waals surface area contributed by atoms with Crippen LogP contribution in [0, 0.1) is 5.82 Å². The number of carbonyl (C=O) groups excluding carboxylic acids is 1. The van der Waals surface area contributed by atoms with Crippen molar-refractivity contribution in [3.63, 3.8) is 0 Å². The van der Waals surface area contributed by atoms with Crippen LogP contribution in [-0.2, 0) is 23.0 Å². The van der Waals surface area contributed by atoms with E-state index < -0.39 is 10.7 Å². The number of anilines is 1. The Labute approximate surface area is 157 Å². The van der Waals surface area contributed by atoms with Crippen molar-refractivity contribution >= 4 is 22.4 Å². The molecule has 0 aliphatic rings. The monoisotopic (exact) mass is 385 g/mol. The number of hydrogen-bond donors (Lipinski definition) is 2. The largest absolute Gasteiger partial charge is 0.350 e. The standard InChI is InChI=1S/C19H16FN3O3S/c20-17-6-4-13(5-7-17)9-21-19-22-10-16(11-23-19)18(24)15-3-1-2-14(8-15)12-27(25)26/h1-8,10-11,27H,9,12H2,(H,21,22,23). The molecular weight excluding hydrogens is 369 g/mol. The van der Waals surface area contributed by atoms with Gasteiger partial charge in [0.05, 0.1) is 11.3 Å². The molecule has 0 atom stereocenters. The van der Waals surface area contributed by atoms with E-state index in [2.05, 4.69) is 15.3 Å². The number of thiol groups is 1. The SMILES string of the molecule is O=C(c1cnc(NCc2ccc(F)cc2)nc1)c1cccc(C[SH](=O)=O)c1. The molecule has 0 fully saturated rings. The third kappa shape index (κ3) is 5.18. The van der Waals surface area contributed by atoms with Crippen LogP contribution in [0.1, 0.15) is 27.0 Å². The van der Waals surface area contributed by atoms with E-state index in [1.165, 1.54) is 24.5 Å². The van der Waals surface area contributed by atoms with Gasteiger partial charge in [-0.25, -0.2) is 22.8 Å². The van der Waals surface area contributed by atoms with Crippen LogP contribution in [0.4, 0.5) is 10.3 Å². The van der Waals surface area contributed by atoms with Gasteiger partial charge in [0.1, 0.15) is 16.5 Å². The lowest BCUT2D eigenvalue weighted by molar-refractivity contribution is 0.103. The number of hydrogen-bond acceptors (Lipinski definition) is 6. The molecule has 138 valence electrons. The fourth-order valence-electron chi connectivity index (χ4n) is 2.45. The molecule has 0 aliphatic heterocycles. The van der Waals surface area contributed by atoms with E-state index in [1.807, 2.05) is 0 Å². The average Bonchev–Trinajstić information content (AvgIpc) is 2.67. The minimum absolute atomic E-state index is 0.112. The van der Waals surface area contributed by atoms with Crippen molar-refractivity contribution in [1.82, 2.24) is 9.97 Å². The summed E-state index contributed by atoms with van der Waals surface area (Å²) in [6, 6.07) is 12.5. The van der Waals surface area contributed by atoms with Crippen molar-refractivity contribution in [1.29, 1.82) is 0 Å². The molecule has 0 saturated heterocycles. The first-order valence-electron chi connectivity index (χ1n) is 8.07. The molecule has 0 spiro atoms. The van der Waals surface area contributed by atoms with Crippen molar-refractivity contribution in [2.75, 3.05) is 5.32 Å². The molecule has 0 saturated carbocycles. The maximum absolute atomic E-state index is 12.9. The van der Waals surface area contributed by atoms with Crippen LogP contribution in [0.5, 0.6) is 0 Å². The number of halogens is 1. The van der Waals surface area contributed by atoms with Crippen LogP contribution in [0.25, 0.3) is 0 Å². The number of aromatic nitrogens is 2. The molecule has 3 rings (SSSR count). The summed E-state index contributed by atoms with van der Waals surface area (Å²) in [5, 5.41) is 2.99. The third-order valence-electron chi connectivity index (χ3n) is 3.78. The smallest absolute Gasteiger partial charge is 0.222 e. The van der Waals surface area contributed by atoms with Gasteiger partial charge < -0.3 is 5.32 Å². The van der Waals surface area contributed by atoms with E-state index in [1.54, 1.807) is 36.4 Å². The van der Waals surface area contributed by atoms with Crippen molar-refractivity contribution in [2.24, 2.45) is 0 Å². The highest BCUT2D eigenvalue weighted by molar-refractivity contribution is 7.71. The molecule has 1 aromatic heterocycles. The topological polar surface area (TPSA) is 89.0 Å². The van der Waals surface area contributed by atoms with Gasteiger partial charge in [-0.2, -0.15) is 0 Å². The lowest BCUT2D eigenvalue weighted by atomic mass is 10.0. The van der Waals surface area contributed by atoms with Crippen molar-refractivity contribution in [2.45, 2.75) is 12.3 Å². The normalized spacial score (nSPS) is 10.7. The number of ketones is 1. The Hall–Kier alpha value is -3.13. The zero-order valence-electron chi connectivity index (χ0n) is 14.1. The quantitative estimate of drug-likeness (QED) is 0.480. The van der Waals surface area contributed by atoms with Gasteiger partial charge in [0.15, 0.2) is 5.78 Å². The molecular formula is C19H16FN3O3S. The van der Waals surface area contributed by atoms with E-state index in [4.69, 9.17) is 0 Å². The predicted molar refractivity (Wildman–Crippen MR) is 99.7 cm³/mol. The highest BCUT2D eigenvalue weighted by Crippen LogP contribution is 2.13. The third-order valence-corrected chi connectivity index (χ3v) is 4.40. The van der Waals surface area contributed by atoms with Crippen LogP contribution in [0.3, 0.4) is 0 Å². The second kappa shape index (κ2) is 8.50. The second-order valence-electron chi connectivity index (χ2n) is 5.80. The molecule has 6 nitrogen and oxygen atoms in total. The van der Waals surface area contributed by atoms with Crippen LogP contribution in [0.15, 0.2) is 60.9 Å². The van der Waals surface area contributed by atoms with E-state index in [0.717, 1.165) is 5.56 Å². The lowest BCUT2D eigenvalue weighted by Gasteiger charge is -2.06. The minimum Gasteiger partial charge on any atom is -0.350 e. The molecule has 0 unspecified atom stereocenters. The van der Waals surface area contributed by atoms with Gasteiger partial charge in [-0.1, -0.05) is 30.3 Å². The number of nitrogens with zero attached hydrogens (tertiary/aromatic N) is 2. The maximum Gasteiger partial charge on any atom is 0.222 e. The Morgan fingerprint density at radius 3 is 2.33 bits per heavy atom. The molecule has 3 aromatic rings. The maximum atomic E-state index is 12.9. The summed E-state index contributed by atoms with van der Waals surface area (Å²) >= 11 is 0. The average molecular weight is 385 g/mol. The first kappa shape index (κ1) is 18.7. The van der Waals surface area contributed by atoms with Gasteiger partial charge in [-0.05, 0) is 29.3 Å². The summed E-state index contributed by atoms with van der Waals surface area (Å²) in [6.07, 6.45) is 2.81. The fraction of sp³-hybridized carbons (Fsp3) is 0.105. The van der Waals surface area contributed by atoms with Crippen molar-refractivity contribution < 1.29 is 17.6 Å². The summed E-state index contributed by atoms with van der Waals surface area (Å²) in [7, 11) is -2.56. The van der Waals surface area contributed by atoms with Gasteiger partial charge in [-0.15, -0.1) is 0 Å². The molecule has 0 aliphatic carbocycles. The molecule has 1 N–H and O–H groups in total. The summed E-state index contributed by atoms with van der Waals surface area (Å²) in [5.74, 6) is -0.362. The van der Waals surface area contributed by atoms with Gasteiger partial charge in [0.25, 0.3) is 0 Å². The summed E-state index contributed by atoms with van der Waals surface area (Å²) in [6.45, 7) is 0.420. The molecule has 8 heteroatoms. The zero-order valence-corrected chi connectivity index (χ0v) is 15.0. The molecule has 1 heterocycles. The van der Waals surface area contributed by atoms with E-state index in [-0.39, 0.29) is 17.4 Å². The Bertz CT molecular complexity index is 1010. The molecule has 2 aromatic carbocycles. The summed E-state index contributed by atoms with van der Waals surface area (Å²) in [4.78, 5) is 20.7. The first-order valence-corrected chi connectivity index (χ1v) is 9.43. The van der Waals surface area contributed by atoms with E-state index in [9.17, 15) is 17.6 Å². The molecule has 0 amide bonds. The van der Waals surface area contributed by atoms with Crippen LogP contribution in [-0.4, -0.2) is 24.2 Å². The van der Waals surface area contributed by atoms with Gasteiger partial charge >= 0.3 is 0 Å². The minimum atomic E-state index is -2.56. The Morgan fingerprint density at radius 1 is 0.963 bits per heavy atom. The first-order chi connectivity index (χ1) is 13.0. The van der Waals surface area contributed by atoms with Gasteiger partial charge in [0, 0.05) is 24.5 Å². The number of carbonyl (C=O) groups is 1. The zero-order chi connectivity index (χ0) is 19.2. The fourth-order valence-corrected chi connectivity index (χ4v) is 2.94. The van der Waals surface area contributed by atoms with Crippen LogP contribution in [0.2, 0.25) is 0 Å². The number of nitrogens with one attached hydrogen (secondary N) is 1. The van der Waals surface area contributed by atoms with Gasteiger partial charge in [-0.3, -0.25) is 4.79 Å². The highest BCUT2D eigenvalue weighted by atomic mass is 32.2. The molecule has 0 radical (unpaired) electrons. The van der Waals surface area contributed by atoms with E-state index >= 15 is 0 Å². The Balaban J connectivity index is 1.67. The molecule has 0 bridgehead atoms. The highest BCUT2D eigenvalue weighted by Gasteiger charge is 2.11. The number of benzene rings is 2. The summed E-state index contributed by atoms with van der Waals surface area (Å²) < 4.78 is 34.6. The second-order valence-corrected chi connectivity index (χ2v) is 6.78. The van der Waals surface area contributed by atoms with Crippen molar-refractivity contribution in [3.8, 4) is 0 Å². The van der Waals surface area contributed by atoms with E-state index in [0.29, 0.717) is 29.2 Å². The Kier molecular flexibility index (Phi) is 5.87. The van der Waals surface area contributed by atoms with Crippen molar-refractivity contribution in [3.05, 3.63) is 89.0 Å². The molecule has 27 heavy (non-hydrogen) atoms. The Morgan fingerprint density at radius 2 is 1.67 bits per heavy atom. The van der Waals surface area contributed by atoms with Gasteiger partial charge in [0.2, 0.25) is 5.95 Å².